The molecule has 9 heteroatoms. The van der Waals surface area contributed by atoms with Crippen molar-refractivity contribution in [3.8, 4) is 0 Å². The van der Waals surface area contributed by atoms with Crippen molar-refractivity contribution in [3.05, 3.63) is 29.5 Å². The van der Waals surface area contributed by atoms with E-state index in [1.54, 1.807) is 40.0 Å². The van der Waals surface area contributed by atoms with E-state index in [-0.39, 0.29) is 28.5 Å². The highest BCUT2D eigenvalue weighted by molar-refractivity contribution is 6.32. The quantitative estimate of drug-likeness (QED) is 0.266. The molecule has 0 aliphatic heterocycles. The average molecular weight is 489 g/mol. The summed E-state index contributed by atoms with van der Waals surface area (Å²) < 4.78 is 22.0. The summed E-state index contributed by atoms with van der Waals surface area (Å²) in [7, 11) is 0.365. The van der Waals surface area contributed by atoms with Crippen LogP contribution in [-0.4, -0.2) is 45.6 Å². The second-order valence-electron chi connectivity index (χ2n) is 10.5. The van der Waals surface area contributed by atoms with Crippen LogP contribution in [0.3, 0.4) is 0 Å². The minimum absolute atomic E-state index is 0.0483. The van der Waals surface area contributed by atoms with Crippen LogP contribution in [0.15, 0.2) is 22.8 Å². The molecule has 0 saturated carbocycles. The Morgan fingerprint density at radius 2 is 1.82 bits per heavy atom. The Morgan fingerprint density at radius 3 is 2.41 bits per heavy atom. The van der Waals surface area contributed by atoms with Crippen LogP contribution in [0, 0.1) is 5.41 Å². The maximum Gasteiger partial charge on any atom is 0.414 e. The zero-order chi connectivity index (χ0) is 25.7. The number of fused-ring (bicyclic) bond motifs is 1. The Morgan fingerprint density at radius 1 is 1.15 bits per heavy atom. The molecule has 0 aliphatic carbocycles. The number of nitrogens with zero attached hydrogens (tertiary/aromatic N) is 1. The minimum Gasteiger partial charge on any atom is -0.462 e. The molecular formula is C25H36N2O6Si. The number of carbonyl (C=O) groups excluding carboxylic acids is 2. The van der Waals surface area contributed by atoms with Gasteiger partial charge in [0.05, 0.1) is 13.2 Å². The topological polar surface area (TPSA) is 99.9 Å². The molecule has 2 aromatic heterocycles. The molecule has 0 saturated heterocycles. The molecule has 2 heterocycles. The number of anilines is 1. The molecule has 2 radical (unpaired) electrons. The summed E-state index contributed by atoms with van der Waals surface area (Å²) in [4.78, 5) is 29.2. The summed E-state index contributed by atoms with van der Waals surface area (Å²) in [5.41, 5.74) is 0.889. The van der Waals surface area contributed by atoms with E-state index in [1.807, 2.05) is 12.2 Å². The van der Waals surface area contributed by atoms with Gasteiger partial charge in [0.15, 0.2) is 5.58 Å². The Balaban J connectivity index is 2.21. The van der Waals surface area contributed by atoms with Crippen LogP contribution in [0.4, 0.5) is 10.7 Å². The van der Waals surface area contributed by atoms with Crippen molar-refractivity contribution in [2.45, 2.75) is 73.0 Å². The van der Waals surface area contributed by atoms with E-state index in [4.69, 9.17) is 18.3 Å². The van der Waals surface area contributed by atoms with Gasteiger partial charge in [-0.25, -0.2) is 9.59 Å². The number of rotatable bonds is 8. The average Bonchev–Trinajstić information content (AvgIpc) is 3.02. The van der Waals surface area contributed by atoms with Gasteiger partial charge in [-0.2, -0.15) is 0 Å². The monoisotopic (exact) mass is 488 g/mol. The lowest BCUT2D eigenvalue weighted by atomic mass is 9.82. The van der Waals surface area contributed by atoms with Gasteiger partial charge in [-0.1, -0.05) is 46.8 Å². The molecule has 8 nitrogen and oxygen atoms in total. The third kappa shape index (κ3) is 7.43. The number of nitrogens with one attached hydrogen (secondary N) is 1. The first kappa shape index (κ1) is 27.6. The zero-order valence-corrected chi connectivity index (χ0v) is 22.6. The fraction of sp³-hybridized carbons (Fsp3) is 0.560. The van der Waals surface area contributed by atoms with Gasteiger partial charge in [0.2, 0.25) is 15.6 Å². The van der Waals surface area contributed by atoms with E-state index in [9.17, 15) is 9.59 Å². The van der Waals surface area contributed by atoms with Gasteiger partial charge >= 0.3 is 12.1 Å². The van der Waals surface area contributed by atoms with E-state index in [0.29, 0.717) is 27.5 Å². The van der Waals surface area contributed by atoms with Crippen LogP contribution in [0.1, 0.15) is 78.2 Å². The van der Waals surface area contributed by atoms with Gasteiger partial charge in [0, 0.05) is 6.20 Å². The first-order chi connectivity index (χ1) is 15.6. The molecule has 0 fully saturated rings. The fourth-order valence-electron chi connectivity index (χ4n) is 2.57. The first-order valence-corrected chi connectivity index (χ1v) is 12.2. The Hall–Kier alpha value is -2.65. The van der Waals surface area contributed by atoms with Crippen LogP contribution in [-0.2, 0) is 13.9 Å². The molecule has 0 aromatic carbocycles. The van der Waals surface area contributed by atoms with Gasteiger partial charge in [-0.3, -0.25) is 10.3 Å². The largest absolute Gasteiger partial charge is 0.462 e. The number of furan rings is 1. The number of carbonyl (C=O) groups is 2. The summed E-state index contributed by atoms with van der Waals surface area (Å²) in [6.45, 7) is 18.6. The van der Waals surface area contributed by atoms with E-state index in [0.717, 1.165) is 5.56 Å². The number of pyridine rings is 1. The molecule has 2 aromatic rings. The third-order valence-electron chi connectivity index (χ3n) is 5.34. The van der Waals surface area contributed by atoms with Crippen molar-refractivity contribution in [1.29, 1.82) is 0 Å². The SMILES string of the molecule is CCOC(=O)c1c(NC(=O)OC(C)(C)C)oc2cc(/C=C/CO[Si]C(C)(C)C(C)(C)C)cnc12. The van der Waals surface area contributed by atoms with Crippen molar-refractivity contribution in [2.24, 2.45) is 5.41 Å². The van der Waals surface area contributed by atoms with Crippen LogP contribution >= 0.6 is 0 Å². The molecule has 1 amide bonds. The molecule has 0 unspecified atom stereocenters. The molecule has 0 spiro atoms. The fourth-order valence-corrected chi connectivity index (χ4v) is 3.42. The summed E-state index contributed by atoms with van der Waals surface area (Å²) >= 11 is 0. The Kier molecular flexibility index (Phi) is 8.71. The van der Waals surface area contributed by atoms with Crippen molar-refractivity contribution >= 4 is 44.9 Å². The van der Waals surface area contributed by atoms with Gasteiger partial charge in [0.1, 0.15) is 16.7 Å². The van der Waals surface area contributed by atoms with Gasteiger partial charge in [-0.05, 0) is 49.8 Å². The molecule has 0 aliphatic rings. The normalized spacial score (nSPS) is 12.9. The summed E-state index contributed by atoms with van der Waals surface area (Å²) in [6.07, 6.45) is 4.65. The van der Waals surface area contributed by atoms with Crippen LogP contribution < -0.4 is 5.32 Å². The zero-order valence-electron chi connectivity index (χ0n) is 21.6. The number of esters is 1. The number of hydrogen-bond donors (Lipinski definition) is 1. The maximum absolute atomic E-state index is 12.5. The van der Waals surface area contributed by atoms with Crippen molar-refractivity contribution in [3.63, 3.8) is 0 Å². The van der Waals surface area contributed by atoms with Gasteiger partial charge in [-0.15, -0.1) is 0 Å². The third-order valence-corrected chi connectivity index (χ3v) is 6.91. The predicted molar refractivity (Wildman–Crippen MR) is 134 cm³/mol. The van der Waals surface area contributed by atoms with E-state index >= 15 is 0 Å². The highest BCUT2D eigenvalue weighted by Gasteiger charge is 2.34. The van der Waals surface area contributed by atoms with Crippen molar-refractivity contribution in [2.75, 3.05) is 18.5 Å². The van der Waals surface area contributed by atoms with Gasteiger partial charge in [0.25, 0.3) is 0 Å². The maximum atomic E-state index is 12.5. The molecule has 0 bridgehead atoms. The highest BCUT2D eigenvalue weighted by atomic mass is 28.2. The van der Waals surface area contributed by atoms with Crippen molar-refractivity contribution in [1.82, 2.24) is 4.98 Å². The first-order valence-electron chi connectivity index (χ1n) is 11.3. The Bertz CT molecular complexity index is 1040. The summed E-state index contributed by atoms with van der Waals surface area (Å²) in [5, 5.41) is 2.56. The molecular weight excluding hydrogens is 452 g/mol. The summed E-state index contributed by atoms with van der Waals surface area (Å²) in [6, 6.07) is 1.74. The van der Waals surface area contributed by atoms with Crippen molar-refractivity contribution < 1.29 is 27.9 Å². The number of amides is 1. The molecule has 2 rings (SSSR count). The van der Waals surface area contributed by atoms with Gasteiger partial charge < -0.3 is 18.3 Å². The van der Waals surface area contributed by atoms with Crippen LogP contribution in [0.5, 0.6) is 0 Å². The van der Waals surface area contributed by atoms with E-state index in [2.05, 4.69) is 44.9 Å². The Labute approximate surface area is 204 Å². The van der Waals surface area contributed by atoms with E-state index < -0.39 is 17.7 Å². The standard InChI is InChI=1S/C25H36N2O6Si/c1-10-30-21(28)18-19-17(32-20(18)27-22(29)33-24(5,6)7)14-16(15-26-19)12-11-13-31-34-25(8,9)23(2,3)4/h11-12,14-15H,10,13H2,1-9H3,(H,27,29)/b12-11+. The number of aromatic nitrogens is 1. The predicted octanol–water partition coefficient (Wildman–Crippen LogP) is 6.25. The minimum atomic E-state index is -0.742. The molecule has 0 atom stereocenters. The smallest absolute Gasteiger partial charge is 0.414 e. The van der Waals surface area contributed by atoms with E-state index in [1.165, 1.54) is 0 Å². The van der Waals surface area contributed by atoms with Crippen LogP contribution in [0.25, 0.3) is 17.2 Å². The number of hydrogen-bond acceptors (Lipinski definition) is 7. The second kappa shape index (κ2) is 10.7. The van der Waals surface area contributed by atoms with Crippen LogP contribution in [0.2, 0.25) is 5.04 Å². The highest BCUT2D eigenvalue weighted by Crippen LogP contribution is 2.43. The molecule has 34 heavy (non-hydrogen) atoms. The molecule has 1 N–H and O–H groups in total. The number of ether oxygens (including phenoxy) is 2. The second-order valence-corrected chi connectivity index (χ2v) is 12.2. The molecule has 186 valence electrons. The lowest BCUT2D eigenvalue weighted by molar-refractivity contribution is 0.0529. The lowest BCUT2D eigenvalue weighted by Gasteiger charge is -2.37. The lowest BCUT2D eigenvalue weighted by Crippen LogP contribution is -2.30. The summed E-state index contributed by atoms with van der Waals surface area (Å²) in [5.74, 6) is -0.704.